The third-order valence-corrected chi connectivity index (χ3v) is 2.88. The second-order valence-corrected chi connectivity index (χ2v) is 5.84. The first-order chi connectivity index (χ1) is 9.62. The minimum atomic E-state index is -1.11. The van der Waals surface area contributed by atoms with Crippen molar-refractivity contribution in [3.63, 3.8) is 0 Å². The van der Waals surface area contributed by atoms with Crippen molar-refractivity contribution in [2.45, 2.75) is 26.8 Å². The van der Waals surface area contributed by atoms with E-state index in [4.69, 9.17) is 9.52 Å². The van der Waals surface area contributed by atoms with Crippen molar-refractivity contribution in [1.29, 1.82) is 0 Å². The summed E-state index contributed by atoms with van der Waals surface area (Å²) >= 11 is 0. The fraction of sp³-hybridized carbons (Fsp3) is 0.500. The minimum absolute atomic E-state index is 0.121. The molecule has 0 radical (unpaired) electrons. The third kappa shape index (κ3) is 4.62. The van der Waals surface area contributed by atoms with Crippen molar-refractivity contribution in [2.75, 3.05) is 13.6 Å². The SMILES string of the molecule is CN(CC(=O)N[C@@H](C(=O)O)C(C)(C)C)C(=O)c1ccco1. The van der Waals surface area contributed by atoms with E-state index in [0.29, 0.717) is 0 Å². The highest BCUT2D eigenvalue weighted by molar-refractivity contribution is 5.94. The molecule has 1 atom stereocenters. The summed E-state index contributed by atoms with van der Waals surface area (Å²) in [7, 11) is 1.44. The van der Waals surface area contributed by atoms with Crippen LogP contribution in [-0.2, 0) is 9.59 Å². The maximum atomic E-state index is 11.9. The molecule has 116 valence electrons. The van der Waals surface area contributed by atoms with Crippen LogP contribution in [0.3, 0.4) is 0 Å². The smallest absolute Gasteiger partial charge is 0.326 e. The monoisotopic (exact) mass is 296 g/mol. The maximum absolute atomic E-state index is 11.9. The number of hydrogen-bond donors (Lipinski definition) is 2. The Morgan fingerprint density at radius 1 is 1.38 bits per heavy atom. The van der Waals surface area contributed by atoms with E-state index in [9.17, 15) is 14.4 Å². The van der Waals surface area contributed by atoms with Crippen LogP contribution in [0.15, 0.2) is 22.8 Å². The summed E-state index contributed by atoms with van der Waals surface area (Å²) < 4.78 is 4.95. The van der Waals surface area contributed by atoms with E-state index < -0.39 is 29.2 Å². The van der Waals surface area contributed by atoms with Crippen LogP contribution in [0.25, 0.3) is 0 Å². The molecule has 1 aromatic rings. The molecule has 0 aliphatic carbocycles. The number of carbonyl (C=O) groups is 3. The van der Waals surface area contributed by atoms with Crippen molar-refractivity contribution in [2.24, 2.45) is 5.41 Å². The number of carboxylic acid groups (broad SMARTS) is 1. The van der Waals surface area contributed by atoms with Gasteiger partial charge in [-0.1, -0.05) is 20.8 Å². The van der Waals surface area contributed by atoms with Gasteiger partial charge in [0.15, 0.2) is 5.76 Å². The zero-order chi connectivity index (χ0) is 16.2. The predicted molar refractivity (Wildman–Crippen MR) is 74.7 cm³/mol. The molecule has 0 bridgehead atoms. The number of furan rings is 1. The van der Waals surface area contributed by atoms with Crippen LogP contribution in [0.5, 0.6) is 0 Å². The lowest BCUT2D eigenvalue weighted by atomic mass is 9.87. The fourth-order valence-electron chi connectivity index (χ4n) is 1.73. The van der Waals surface area contributed by atoms with Gasteiger partial charge in [0.2, 0.25) is 5.91 Å². The molecule has 1 aromatic heterocycles. The molecule has 7 nitrogen and oxygen atoms in total. The molecule has 2 N–H and O–H groups in total. The number of aliphatic carboxylic acids is 1. The number of rotatable bonds is 5. The van der Waals surface area contributed by atoms with Gasteiger partial charge in [-0.3, -0.25) is 9.59 Å². The van der Waals surface area contributed by atoms with E-state index in [0.717, 1.165) is 4.90 Å². The number of nitrogens with one attached hydrogen (secondary N) is 1. The lowest BCUT2D eigenvalue weighted by Crippen LogP contribution is -2.51. The predicted octanol–water partition coefficient (Wildman–Crippen LogP) is 0.967. The largest absolute Gasteiger partial charge is 0.480 e. The first-order valence-electron chi connectivity index (χ1n) is 6.44. The summed E-state index contributed by atoms with van der Waals surface area (Å²) in [6.45, 7) is 4.89. The van der Waals surface area contributed by atoms with Gasteiger partial charge in [-0.05, 0) is 17.5 Å². The summed E-state index contributed by atoms with van der Waals surface area (Å²) in [4.78, 5) is 36.1. The Hall–Kier alpha value is -2.31. The van der Waals surface area contributed by atoms with Crippen molar-refractivity contribution in [3.8, 4) is 0 Å². The third-order valence-electron chi connectivity index (χ3n) is 2.88. The topological polar surface area (TPSA) is 99.9 Å². The molecule has 7 heteroatoms. The molecular weight excluding hydrogens is 276 g/mol. The zero-order valence-electron chi connectivity index (χ0n) is 12.5. The van der Waals surface area contributed by atoms with Crippen molar-refractivity contribution in [1.82, 2.24) is 10.2 Å². The summed E-state index contributed by atoms with van der Waals surface area (Å²) in [5.41, 5.74) is -0.634. The summed E-state index contributed by atoms with van der Waals surface area (Å²) in [5, 5.41) is 11.6. The molecule has 0 aliphatic rings. The Balaban J connectivity index is 2.64. The average molecular weight is 296 g/mol. The van der Waals surface area contributed by atoms with Gasteiger partial charge < -0.3 is 19.7 Å². The highest BCUT2D eigenvalue weighted by Crippen LogP contribution is 2.19. The molecule has 0 unspecified atom stereocenters. The maximum Gasteiger partial charge on any atom is 0.326 e. The first-order valence-corrected chi connectivity index (χ1v) is 6.44. The molecule has 0 aromatic carbocycles. The quantitative estimate of drug-likeness (QED) is 0.843. The van der Waals surface area contributed by atoms with Gasteiger partial charge in [0.05, 0.1) is 12.8 Å². The Morgan fingerprint density at radius 3 is 2.43 bits per heavy atom. The second-order valence-electron chi connectivity index (χ2n) is 5.84. The number of carbonyl (C=O) groups excluding carboxylic acids is 2. The van der Waals surface area contributed by atoms with Gasteiger partial charge in [0.1, 0.15) is 6.04 Å². The van der Waals surface area contributed by atoms with Crippen LogP contribution in [0.2, 0.25) is 0 Å². The van der Waals surface area contributed by atoms with E-state index in [1.807, 2.05) is 0 Å². The molecule has 1 rings (SSSR count). The second kappa shape index (κ2) is 6.43. The summed E-state index contributed by atoms with van der Waals surface area (Å²) in [6, 6.07) is 2.03. The Morgan fingerprint density at radius 2 is 2.00 bits per heavy atom. The lowest BCUT2D eigenvalue weighted by molar-refractivity contribution is -0.145. The first kappa shape index (κ1) is 16.7. The molecule has 0 aliphatic heterocycles. The minimum Gasteiger partial charge on any atom is -0.480 e. The Labute approximate surface area is 122 Å². The van der Waals surface area contributed by atoms with Gasteiger partial charge in [-0.2, -0.15) is 0 Å². The fourth-order valence-corrected chi connectivity index (χ4v) is 1.73. The van der Waals surface area contributed by atoms with E-state index in [-0.39, 0.29) is 12.3 Å². The van der Waals surface area contributed by atoms with Gasteiger partial charge >= 0.3 is 5.97 Å². The molecule has 0 saturated carbocycles. The molecule has 0 saturated heterocycles. The Kier molecular flexibility index (Phi) is 5.12. The molecule has 0 fully saturated rings. The summed E-state index contributed by atoms with van der Waals surface area (Å²) in [5.74, 6) is -1.98. The van der Waals surface area contributed by atoms with Crippen molar-refractivity contribution >= 4 is 17.8 Å². The number of hydrogen-bond acceptors (Lipinski definition) is 4. The van der Waals surface area contributed by atoms with Crippen LogP contribution in [-0.4, -0.2) is 47.4 Å². The van der Waals surface area contributed by atoms with Crippen LogP contribution in [0, 0.1) is 5.41 Å². The molecular formula is C14H20N2O5. The Bertz CT molecular complexity index is 516. The number of nitrogens with zero attached hydrogens (tertiary/aromatic N) is 1. The van der Waals surface area contributed by atoms with E-state index in [2.05, 4.69) is 5.32 Å². The number of amides is 2. The van der Waals surface area contributed by atoms with E-state index in [1.54, 1.807) is 26.8 Å². The van der Waals surface area contributed by atoms with Gasteiger partial charge in [-0.15, -0.1) is 0 Å². The molecule has 2 amide bonds. The van der Waals surface area contributed by atoms with Crippen molar-refractivity contribution in [3.05, 3.63) is 24.2 Å². The molecule has 0 spiro atoms. The van der Waals surface area contributed by atoms with Gasteiger partial charge in [0.25, 0.3) is 5.91 Å². The van der Waals surface area contributed by atoms with Gasteiger partial charge in [0, 0.05) is 7.05 Å². The van der Waals surface area contributed by atoms with Gasteiger partial charge in [-0.25, -0.2) is 4.79 Å². The molecule has 21 heavy (non-hydrogen) atoms. The zero-order valence-corrected chi connectivity index (χ0v) is 12.5. The highest BCUT2D eigenvalue weighted by Gasteiger charge is 2.33. The lowest BCUT2D eigenvalue weighted by Gasteiger charge is -2.28. The van der Waals surface area contributed by atoms with Crippen LogP contribution in [0.4, 0.5) is 0 Å². The molecule has 1 heterocycles. The summed E-state index contributed by atoms with van der Waals surface area (Å²) in [6.07, 6.45) is 1.36. The average Bonchev–Trinajstić information content (AvgIpc) is 2.86. The van der Waals surface area contributed by atoms with E-state index in [1.165, 1.54) is 19.4 Å². The highest BCUT2D eigenvalue weighted by atomic mass is 16.4. The van der Waals surface area contributed by atoms with Crippen LogP contribution < -0.4 is 5.32 Å². The van der Waals surface area contributed by atoms with E-state index >= 15 is 0 Å². The number of carboxylic acids is 1. The van der Waals surface area contributed by atoms with Crippen LogP contribution >= 0.6 is 0 Å². The number of likely N-dealkylation sites (N-methyl/N-ethyl adjacent to an activating group) is 1. The standard InChI is InChI=1S/C14H20N2O5/c1-14(2,3)11(13(19)20)15-10(17)8-16(4)12(18)9-6-5-7-21-9/h5-7,11H,8H2,1-4H3,(H,15,17)(H,19,20)/t11-/m0/s1. The van der Waals surface area contributed by atoms with Crippen molar-refractivity contribution < 1.29 is 23.9 Å². The normalized spacial score (nSPS) is 12.6. The van der Waals surface area contributed by atoms with Crippen LogP contribution in [0.1, 0.15) is 31.3 Å².